The minimum absolute atomic E-state index is 0.171. The first-order valence-electron chi connectivity index (χ1n) is 4.29. The Kier molecular flexibility index (Phi) is 3.11. The van der Waals surface area contributed by atoms with Crippen molar-refractivity contribution >= 4 is 28.1 Å². The van der Waals surface area contributed by atoms with E-state index in [2.05, 4.69) is 26.1 Å². The Morgan fingerprint density at radius 2 is 1.94 bits per heavy atom. The number of hydrogen-bond acceptors (Lipinski definition) is 2. The summed E-state index contributed by atoms with van der Waals surface area (Å²) in [7, 11) is 0. The number of halogens is 3. The zero-order chi connectivity index (χ0) is 11.7. The maximum absolute atomic E-state index is 13.7. The lowest BCUT2D eigenvalue weighted by atomic mass is 10.1. The van der Waals surface area contributed by atoms with E-state index in [4.69, 9.17) is 12.2 Å². The van der Waals surface area contributed by atoms with E-state index in [1.807, 2.05) is 0 Å². The van der Waals surface area contributed by atoms with Gasteiger partial charge in [-0.2, -0.15) is 5.10 Å². The highest BCUT2D eigenvalue weighted by Crippen LogP contribution is 2.28. The van der Waals surface area contributed by atoms with Gasteiger partial charge in [-0.3, -0.25) is 5.10 Å². The van der Waals surface area contributed by atoms with E-state index < -0.39 is 11.6 Å². The molecule has 2 nitrogen and oxygen atoms in total. The summed E-state index contributed by atoms with van der Waals surface area (Å²) in [6.45, 7) is 0. The molecule has 0 unspecified atom stereocenters. The Balaban J connectivity index is 2.68. The van der Waals surface area contributed by atoms with Crippen molar-refractivity contribution in [3.63, 3.8) is 0 Å². The van der Waals surface area contributed by atoms with Crippen LogP contribution in [0.4, 0.5) is 8.78 Å². The van der Waals surface area contributed by atoms with Gasteiger partial charge in [0.1, 0.15) is 16.3 Å². The van der Waals surface area contributed by atoms with Gasteiger partial charge in [0.2, 0.25) is 0 Å². The van der Waals surface area contributed by atoms with Crippen LogP contribution in [0.5, 0.6) is 0 Å². The molecule has 0 radical (unpaired) electrons. The van der Waals surface area contributed by atoms with E-state index in [-0.39, 0.29) is 15.7 Å². The van der Waals surface area contributed by atoms with Gasteiger partial charge in [-0.25, -0.2) is 8.78 Å². The van der Waals surface area contributed by atoms with Crippen LogP contribution in [0.25, 0.3) is 11.3 Å². The largest absolute Gasteiger partial charge is 0.267 e. The van der Waals surface area contributed by atoms with Crippen molar-refractivity contribution < 1.29 is 8.78 Å². The van der Waals surface area contributed by atoms with Crippen LogP contribution in [0.3, 0.4) is 0 Å². The Bertz CT molecular complexity index is 577. The topological polar surface area (TPSA) is 28.7 Å². The van der Waals surface area contributed by atoms with Crippen molar-refractivity contribution in [1.82, 2.24) is 10.2 Å². The summed E-state index contributed by atoms with van der Waals surface area (Å²) in [4.78, 5) is 0. The molecule has 0 spiro atoms. The molecule has 0 bridgehead atoms. The number of nitrogens with zero attached hydrogens (tertiary/aromatic N) is 1. The third kappa shape index (κ3) is 2.03. The van der Waals surface area contributed by atoms with Crippen molar-refractivity contribution in [3.05, 3.63) is 45.0 Å². The van der Waals surface area contributed by atoms with Crippen LogP contribution in [0, 0.1) is 16.3 Å². The molecule has 2 rings (SSSR count). The van der Waals surface area contributed by atoms with Gasteiger partial charge in [0.15, 0.2) is 0 Å². The smallest absolute Gasteiger partial charge is 0.149 e. The van der Waals surface area contributed by atoms with Gasteiger partial charge in [-0.15, -0.1) is 0 Å². The van der Waals surface area contributed by atoms with E-state index in [0.29, 0.717) is 4.64 Å². The number of H-pyrrole nitrogens is 1. The SMILES string of the molecule is Fc1ccc(Br)c(F)c1-c1ccc(=S)[nH]n1. The monoisotopic (exact) mass is 302 g/mol. The first-order chi connectivity index (χ1) is 7.59. The maximum Gasteiger partial charge on any atom is 0.149 e. The van der Waals surface area contributed by atoms with Crippen molar-refractivity contribution in [2.24, 2.45) is 0 Å². The lowest BCUT2D eigenvalue weighted by Gasteiger charge is -2.05. The first-order valence-corrected chi connectivity index (χ1v) is 5.49. The predicted molar refractivity (Wildman–Crippen MR) is 62.5 cm³/mol. The predicted octanol–water partition coefficient (Wildman–Crippen LogP) is 3.85. The number of hydrogen-bond donors (Lipinski definition) is 1. The average molecular weight is 303 g/mol. The summed E-state index contributed by atoms with van der Waals surface area (Å²) in [5.41, 5.74) is -0.00877. The van der Waals surface area contributed by atoms with Crippen LogP contribution in [-0.2, 0) is 0 Å². The molecule has 2 aromatic rings. The molecule has 1 aromatic carbocycles. The molecule has 0 aliphatic heterocycles. The molecule has 0 aliphatic carbocycles. The van der Waals surface area contributed by atoms with E-state index in [1.54, 1.807) is 0 Å². The fraction of sp³-hybridized carbons (Fsp3) is 0. The first kappa shape index (κ1) is 11.3. The number of rotatable bonds is 1. The molecule has 1 N–H and O–H groups in total. The zero-order valence-electron chi connectivity index (χ0n) is 7.80. The molecule has 0 saturated carbocycles. The summed E-state index contributed by atoms with van der Waals surface area (Å²) in [6.07, 6.45) is 0. The molecular formula is C10H5BrF2N2S. The molecule has 0 fully saturated rings. The highest BCUT2D eigenvalue weighted by atomic mass is 79.9. The van der Waals surface area contributed by atoms with E-state index in [0.717, 1.165) is 0 Å². The third-order valence-corrected chi connectivity index (χ3v) is 2.82. The molecule has 16 heavy (non-hydrogen) atoms. The number of aromatic amines is 1. The zero-order valence-corrected chi connectivity index (χ0v) is 10.2. The second kappa shape index (κ2) is 4.39. The lowest BCUT2D eigenvalue weighted by molar-refractivity contribution is 0.584. The molecule has 1 heterocycles. The standard InChI is InChI=1S/C10H5BrF2N2S/c11-5-1-2-6(12)9(10(5)13)7-3-4-8(16)15-14-7/h1-4H,(H,15,16). The van der Waals surface area contributed by atoms with Crippen LogP contribution in [0.15, 0.2) is 28.7 Å². The molecular weight excluding hydrogens is 298 g/mol. The lowest BCUT2D eigenvalue weighted by Crippen LogP contribution is -1.95. The summed E-state index contributed by atoms with van der Waals surface area (Å²) >= 11 is 7.79. The van der Waals surface area contributed by atoms with Gasteiger partial charge in [-0.1, -0.05) is 12.2 Å². The summed E-state index contributed by atoms with van der Waals surface area (Å²) in [5, 5.41) is 6.27. The third-order valence-electron chi connectivity index (χ3n) is 1.98. The molecule has 6 heteroatoms. The molecule has 0 atom stereocenters. The quantitative estimate of drug-likeness (QED) is 0.640. The Morgan fingerprint density at radius 3 is 2.56 bits per heavy atom. The minimum Gasteiger partial charge on any atom is -0.267 e. The fourth-order valence-corrected chi connectivity index (χ4v) is 1.69. The van der Waals surface area contributed by atoms with Gasteiger partial charge in [0.25, 0.3) is 0 Å². The minimum atomic E-state index is -0.682. The average Bonchev–Trinajstić information content (AvgIpc) is 2.27. The van der Waals surface area contributed by atoms with Crippen molar-refractivity contribution in [2.45, 2.75) is 0 Å². The van der Waals surface area contributed by atoms with Gasteiger partial charge in [0, 0.05) is 0 Å². The Labute approximate surface area is 103 Å². The van der Waals surface area contributed by atoms with Crippen LogP contribution in [0.2, 0.25) is 0 Å². The van der Waals surface area contributed by atoms with E-state index in [1.165, 1.54) is 24.3 Å². The second-order valence-electron chi connectivity index (χ2n) is 3.02. The Hall–Kier alpha value is -1.14. The normalized spacial score (nSPS) is 10.4. The van der Waals surface area contributed by atoms with Gasteiger partial charge < -0.3 is 0 Å². The van der Waals surface area contributed by atoms with Crippen molar-refractivity contribution in [1.29, 1.82) is 0 Å². The summed E-state index contributed by atoms with van der Waals surface area (Å²) in [6, 6.07) is 5.47. The number of nitrogens with one attached hydrogen (secondary N) is 1. The van der Waals surface area contributed by atoms with E-state index in [9.17, 15) is 8.78 Å². The number of benzene rings is 1. The van der Waals surface area contributed by atoms with Crippen LogP contribution < -0.4 is 0 Å². The van der Waals surface area contributed by atoms with Crippen LogP contribution in [0.1, 0.15) is 0 Å². The van der Waals surface area contributed by atoms with Crippen molar-refractivity contribution in [3.8, 4) is 11.3 Å². The number of aromatic nitrogens is 2. The highest BCUT2D eigenvalue weighted by molar-refractivity contribution is 9.10. The van der Waals surface area contributed by atoms with Gasteiger partial charge >= 0.3 is 0 Å². The van der Waals surface area contributed by atoms with Crippen LogP contribution in [-0.4, -0.2) is 10.2 Å². The Morgan fingerprint density at radius 1 is 1.19 bits per heavy atom. The summed E-state index contributed by atoms with van der Waals surface area (Å²) in [5.74, 6) is -1.35. The van der Waals surface area contributed by atoms with Gasteiger partial charge in [0.05, 0.1) is 15.7 Å². The van der Waals surface area contributed by atoms with E-state index >= 15 is 0 Å². The summed E-state index contributed by atoms with van der Waals surface area (Å²) < 4.78 is 27.7. The maximum atomic E-state index is 13.7. The van der Waals surface area contributed by atoms with Gasteiger partial charge in [-0.05, 0) is 40.2 Å². The van der Waals surface area contributed by atoms with Crippen molar-refractivity contribution in [2.75, 3.05) is 0 Å². The molecule has 82 valence electrons. The fourth-order valence-electron chi connectivity index (χ4n) is 1.25. The molecule has 0 amide bonds. The van der Waals surface area contributed by atoms with Crippen LogP contribution >= 0.6 is 28.1 Å². The highest BCUT2D eigenvalue weighted by Gasteiger charge is 2.15. The molecule has 0 saturated heterocycles. The molecule has 1 aromatic heterocycles. The second-order valence-corrected chi connectivity index (χ2v) is 4.32. The molecule has 0 aliphatic rings.